The van der Waals surface area contributed by atoms with Gasteiger partial charge < -0.3 is 14.5 Å². The van der Waals surface area contributed by atoms with Crippen LogP contribution in [-0.4, -0.2) is 64.4 Å². The van der Waals surface area contributed by atoms with Gasteiger partial charge in [0.15, 0.2) is 5.69 Å². The molecule has 0 bridgehead atoms. The maximum Gasteiger partial charge on any atom is 0.409 e. The van der Waals surface area contributed by atoms with Gasteiger partial charge in [0.2, 0.25) is 0 Å². The van der Waals surface area contributed by atoms with E-state index in [1.807, 2.05) is 6.92 Å². The molecule has 2 amide bonds. The number of carbonyl (C=O) groups excluding carboxylic acids is 2. The van der Waals surface area contributed by atoms with Crippen molar-refractivity contribution in [1.29, 1.82) is 0 Å². The van der Waals surface area contributed by atoms with E-state index in [9.17, 15) is 14.4 Å². The summed E-state index contributed by atoms with van der Waals surface area (Å²) in [5, 5.41) is 5.33. The van der Waals surface area contributed by atoms with Crippen LogP contribution in [0.3, 0.4) is 0 Å². The van der Waals surface area contributed by atoms with Gasteiger partial charge in [-0.05, 0) is 19.9 Å². The first-order valence-corrected chi connectivity index (χ1v) is 8.77. The lowest BCUT2D eigenvalue weighted by atomic mass is 10.1. The first-order chi connectivity index (χ1) is 12.6. The summed E-state index contributed by atoms with van der Waals surface area (Å²) in [6, 6.07) is 7.01. The van der Waals surface area contributed by atoms with Crippen molar-refractivity contribution in [1.82, 2.24) is 19.6 Å². The fourth-order valence-corrected chi connectivity index (χ4v) is 3.06. The molecule has 1 saturated heterocycles. The van der Waals surface area contributed by atoms with Gasteiger partial charge in [-0.1, -0.05) is 18.2 Å². The summed E-state index contributed by atoms with van der Waals surface area (Å²) in [4.78, 5) is 40.5. The van der Waals surface area contributed by atoms with E-state index in [0.717, 1.165) is 0 Å². The topological polar surface area (TPSA) is 84.7 Å². The molecule has 8 nitrogen and oxygen atoms in total. The molecule has 1 aliphatic rings. The summed E-state index contributed by atoms with van der Waals surface area (Å²) in [6.45, 7) is 5.92. The molecule has 138 valence electrons. The second-order valence-electron chi connectivity index (χ2n) is 5.99. The minimum Gasteiger partial charge on any atom is -0.450 e. The summed E-state index contributed by atoms with van der Waals surface area (Å²) in [6.07, 6.45) is -0.359. The lowest BCUT2D eigenvalue weighted by Crippen LogP contribution is -2.51. The number of hydrogen-bond acceptors (Lipinski definition) is 5. The second-order valence-corrected chi connectivity index (χ2v) is 5.99. The number of aryl methyl sites for hydroxylation is 1. The van der Waals surface area contributed by atoms with Crippen LogP contribution < -0.4 is 5.56 Å². The third-order valence-corrected chi connectivity index (χ3v) is 4.46. The predicted molar refractivity (Wildman–Crippen MR) is 96.2 cm³/mol. The van der Waals surface area contributed by atoms with Gasteiger partial charge in [-0.25, -0.2) is 9.48 Å². The van der Waals surface area contributed by atoms with E-state index >= 15 is 0 Å². The van der Waals surface area contributed by atoms with Crippen molar-refractivity contribution in [3.8, 4) is 0 Å². The third-order valence-electron chi connectivity index (χ3n) is 4.46. The molecule has 0 radical (unpaired) electrons. The molecule has 1 fully saturated rings. The molecule has 1 aromatic carbocycles. The number of fused-ring (bicyclic) bond motifs is 1. The highest BCUT2D eigenvalue weighted by molar-refractivity contribution is 6.04. The van der Waals surface area contributed by atoms with E-state index in [-0.39, 0.29) is 23.3 Å². The lowest BCUT2D eigenvalue weighted by Gasteiger charge is -2.34. The maximum absolute atomic E-state index is 13.0. The Morgan fingerprint density at radius 1 is 1.04 bits per heavy atom. The normalized spacial score (nSPS) is 14.5. The zero-order valence-corrected chi connectivity index (χ0v) is 15.0. The number of hydrogen-bond donors (Lipinski definition) is 0. The van der Waals surface area contributed by atoms with Crippen LogP contribution in [0.15, 0.2) is 29.1 Å². The van der Waals surface area contributed by atoms with Crippen molar-refractivity contribution >= 4 is 22.8 Å². The average molecular weight is 358 g/mol. The van der Waals surface area contributed by atoms with E-state index in [1.54, 1.807) is 41.0 Å². The largest absolute Gasteiger partial charge is 0.450 e. The average Bonchev–Trinajstić information content (AvgIpc) is 2.68. The Balaban J connectivity index is 1.86. The van der Waals surface area contributed by atoms with Crippen molar-refractivity contribution in [3.05, 3.63) is 40.3 Å². The third kappa shape index (κ3) is 3.26. The molecule has 3 rings (SSSR count). The maximum atomic E-state index is 13.0. The van der Waals surface area contributed by atoms with Crippen molar-refractivity contribution in [2.45, 2.75) is 20.4 Å². The molecule has 8 heteroatoms. The van der Waals surface area contributed by atoms with E-state index in [2.05, 4.69) is 5.10 Å². The van der Waals surface area contributed by atoms with Crippen molar-refractivity contribution in [2.24, 2.45) is 0 Å². The van der Waals surface area contributed by atoms with Gasteiger partial charge in [-0.15, -0.1) is 0 Å². The van der Waals surface area contributed by atoms with Crippen LogP contribution in [0, 0.1) is 0 Å². The molecular formula is C18H22N4O4. The molecule has 2 aromatic rings. The number of piperazine rings is 1. The molecule has 0 unspecified atom stereocenters. The standard InChI is InChI=1S/C18H22N4O4/c1-3-22-16(23)14-8-6-5-7-13(14)15(19-22)17(24)20-9-11-21(12-10-20)18(25)26-4-2/h5-8H,3-4,9-12H2,1-2H3. The Labute approximate surface area is 150 Å². The zero-order valence-electron chi connectivity index (χ0n) is 15.0. The molecule has 2 heterocycles. The molecule has 0 N–H and O–H groups in total. The predicted octanol–water partition coefficient (Wildman–Crippen LogP) is 1.33. The first-order valence-electron chi connectivity index (χ1n) is 8.77. The Kier molecular flexibility index (Phi) is 5.20. The van der Waals surface area contributed by atoms with Crippen molar-refractivity contribution in [2.75, 3.05) is 32.8 Å². The number of amides is 2. The van der Waals surface area contributed by atoms with Gasteiger partial charge in [0.1, 0.15) is 0 Å². The summed E-state index contributed by atoms with van der Waals surface area (Å²) in [5.41, 5.74) is 0.0680. The fourth-order valence-electron chi connectivity index (χ4n) is 3.06. The number of aromatic nitrogens is 2. The monoisotopic (exact) mass is 358 g/mol. The number of ether oxygens (including phenoxy) is 1. The highest BCUT2D eigenvalue weighted by Crippen LogP contribution is 2.16. The van der Waals surface area contributed by atoms with E-state index in [1.165, 1.54) is 4.68 Å². The Morgan fingerprint density at radius 2 is 1.65 bits per heavy atom. The summed E-state index contributed by atoms with van der Waals surface area (Å²) in [5.74, 6) is -0.230. The molecule has 0 saturated carbocycles. The SMILES string of the molecule is CCOC(=O)N1CCN(C(=O)c2nn(CC)c(=O)c3ccccc23)CC1. The van der Waals surface area contributed by atoms with Crippen LogP contribution in [0.5, 0.6) is 0 Å². The minimum absolute atomic E-state index is 0.202. The number of nitrogens with zero attached hydrogens (tertiary/aromatic N) is 4. The van der Waals surface area contributed by atoms with Crippen LogP contribution in [0.25, 0.3) is 10.8 Å². The summed E-state index contributed by atoms with van der Waals surface area (Å²) >= 11 is 0. The number of benzene rings is 1. The Hall–Kier alpha value is -2.90. The van der Waals surface area contributed by atoms with Crippen molar-refractivity contribution in [3.63, 3.8) is 0 Å². The van der Waals surface area contributed by atoms with Crippen LogP contribution in [-0.2, 0) is 11.3 Å². The van der Waals surface area contributed by atoms with E-state index in [0.29, 0.717) is 50.1 Å². The molecule has 26 heavy (non-hydrogen) atoms. The van der Waals surface area contributed by atoms with E-state index < -0.39 is 0 Å². The van der Waals surface area contributed by atoms with Gasteiger partial charge in [0.05, 0.1) is 12.0 Å². The lowest BCUT2D eigenvalue weighted by molar-refractivity contribution is 0.0565. The van der Waals surface area contributed by atoms with Crippen LogP contribution >= 0.6 is 0 Å². The van der Waals surface area contributed by atoms with Gasteiger partial charge in [0.25, 0.3) is 11.5 Å². The fraction of sp³-hybridized carbons (Fsp3) is 0.444. The smallest absolute Gasteiger partial charge is 0.409 e. The van der Waals surface area contributed by atoms with Gasteiger partial charge in [-0.3, -0.25) is 9.59 Å². The molecule has 0 atom stereocenters. The van der Waals surface area contributed by atoms with Crippen LogP contribution in [0.2, 0.25) is 0 Å². The second kappa shape index (κ2) is 7.55. The highest BCUT2D eigenvalue weighted by Gasteiger charge is 2.27. The summed E-state index contributed by atoms with van der Waals surface area (Å²) < 4.78 is 6.31. The number of rotatable bonds is 3. The van der Waals surface area contributed by atoms with E-state index in [4.69, 9.17) is 4.74 Å². The Morgan fingerprint density at radius 3 is 2.27 bits per heavy atom. The van der Waals surface area contributed by atoms with Crippen LogP contribution in [0.4, 0.5) is 4.79 Å². The van der Waals surface area contributed by atoms with Gasteiger partial charge >= 0.3 is 6.09 Å². The molecule has 0 aliphatic carbocycles. The first kappa shape index (κ1) is 17.9. The summed E-state index contributed by atoms with van der Waals surface area (Å²) in [7, 11) is 0. The molecule has 1 aliphatic heterocycles. The number of carbonyl (C=O) groups is 2. The van der Waals surface area contributed by atoms with Crippen LogP contribution in [0.1, 0.15) is 24.3 Å². The molecule has 0 spiro atoms. The molecular weight excluding hydrogens is 336 g/mol. The van der Waals surface area contributed by atoms with Crippen molar-refractivity contribution < 1.29 is 14.3 Å². The zero-order chi connectivity index (χ0) is 18.7. The minimum atomic E-state index is -0.359. The molecule has 1 aromatic heterocycles. The van der Waals surface area contributed by atoms with Gasteiger partial charge in [-0.2, -0.15) is 5.10 Å². The van der Waals surface area contributed by atoms with Gasteiger partial charge in [0, 0.05) is 38.1 Å². The highest BCUT2D eigenvalue weighted by atomic mass is 16.6. The quantitative estimate of drug-likeness (QED) is 0.826. The Bertz CT molecular complexity index is 884.